The Hall–Kier alpha value is -1.11. The normalized spacial score (nSPS) is 21.3. The fourth-order valence-electron chi connectivity index (χ4n) is 2.24. The van der Waals surface area contributed by atoms with E-state index in [1.54, 1.807) is 6.20 Å². The number of nitrogens with two attached hydrogens (primary N) is 1. The maximum absolute atomic E-state index is 12.2. The average Bonchev–Trinajstić information content (AvgIpc) is 2.41. The summed E-state index contributed by atoms with van der Waals surface area (Å²) in [4.78, 5) is 14.2. The maximum Gasteiger partial charge on any atom is 0.287 e. The highest BCUT2D eigenvalue weighted by atomic mass is 35.5. The van der Waals surface area contributed by atoms with E-state index in [1.165, 1.54) is 4.68 Å². The lowest BCUT2D eigenvalue weighted by molar-refractivity contribution is 0.0275. The molecule has 1 fully saturated rings. The molecule has 0 aliphatic carbocycles. The first kappa shape index (κ1) is 15.3. The van der Waals surface area contributed by atoms with Gasteiger partial charge in [-0.25, -0.2) is 4.68 Å². The van der Waals surface area contributed by atoms with Gasteiger partial charge in [-0.2, -0.15) is 5.10 Å². The topological polar surface area (TPSA) is 73.4 Å². The smallest absolute Gasteiger partial charge is 0.287 e. The van der Waals surface area contributed by atoms with Gasteiger partial charge in [0.1, 0.15) is 5.02 Å². The van der Waals surface area contributed by atoms with Crippen molar-refractivity contribution >= 4 is 17.3 Å². The van der Waals surface area contributed by atoms with Crippen LogP contribution in [-0.2, 0) is 4.74 Å². The highest BCUT2D eigenvalue weighted by molar-refractivity contribution is 6.33. The highest BCUT2D eigenvalue weighted by Gasteiger charge is 2.26. The van der Waals surface area contributed by atoms with Crippen LogP contribution in [0.5, 0.6) is 0 Å². The average molecular weight is 301 g/mol. The molecule has 2 rings (SSSR count). The summed E-state index contributed by atoms with van der Waals surface area (Å²) in [6.07, 6.45) is 1.58. The first-order valence-corrected chi connectivity index (χ1v) is 7.19. The quantitative estimate of drug-likeness (QED) is 0.902. The van der Waals surface area contributed by atoms with Crippen molar-refractivity contribution in [3.8, 4) is 0 Å². The molecule has 1 aromatic rings. The molecule has 0 spiro atoms. The number of aromatic nitrogens is 2. The van der Waals surface area contributed by atoms with Crippen LogP contribution in [0, 0.1) is 0 Å². The summed E-state index contributed by atoms with van der Waals surface area (Å²) in [6.45, 7) is 7.55. The number of ether oxygens (including phenoxy) is 1. The summed E-state index contributed by atoms with van der Waals surface area (Å²) in [6, 6.07) is -0.0869. The van der Waals surface area contributed by atoms with Crippen LogP contribution < -0.4 is 16.2 Å². The Balaban J connectivity index is 2.29. The molecule has 112 valence electrons. The van der Waals surface area contributed by atoms with Crippen molar-refractivity contribution in [2.24, 2.45) is 5.73 Å². The summed E-state index contributed by atoms with van der Waals surface area (Å²) in [5, 5.41) is 4.40. The van der Waals surface area contributed by atoms with Gasteiger partial charge in [-0.3, -0.25) is 4.79 Å². The van der Waals surface area contributed by atoms with Crippen LogP contribution in [0.3, 0.4) is 0 Å². The lowest BCUT2D eigenvalue weighted by atomic mass is 10.1. The van der Waals surface area contributed by atoms with Crippen molar-refractivity contribution in [1.82, 2.24) is 9.78 Å². The molecule has 0 amide bonds. The van der Waals surface area contributed by atoms with Crippen molar-refractivity contribution in [2.45, 2.75) is 39.0 Å². The van der Waals surface area contributed by atoms with Gasteiger partial charge in [-0.05, 0) is 20.8 Å². The van der Waals surface area contributed by atoms with E-state index in [1.807, 2.05) is 25.7 Å². The number of nitrogens with zero attached hydrogens (tertiary/aromatic N) is 3. The molecule has 1 aliphatic rings. The molecular weight excluding hydrogens is 280 g/mol. The molecule has 1 aromatic heterocycles. The Bertz CT molecular complexity index is 530. The van der Waals surface area contributed by atoms with E-state index in [0.29, 0.717) is 25.4 Å². The second kappa shape index (κ2) is 6.11. The zero-order valence-electron chi connectivity index (χ0n) is 12.0. The number of halogens is 1. The Morgan fingerprint density at radius 3 is 2.80 bits per heavy atom. The van der Waals surface area contributed by atoms with Crippen molar-refractivity contribution in [3.63, 3.8) is 0 Å². The summed E-state index contributed by atoms with van der Waals surface area (Å²) in [7, 11) is 0. The van der Waals surface area contributed by atoms with Gasteiger partial charge in [-0.15, -0.1) is 0 Å². The summed E-state index contributed by atoms with van der Waals surface area (Å²) < 4.78 is 6.99. The largest absolute Gasteiger partial charge is 0.373 e. The Labute approximate surface area is 123 Å². The number of hydrogen-bond donors (Lipinski definition) is 1. The van der Waals surface area contributed by atoms with Gasteiger partial charge < -0.3 is 15.4 Å². The molecule has 2 atom stereocenters. The molecule has 1 saturated heterocycles. The third-order valence-corrected chi connectivity index (χ3v) is 3.79. The lowest BCUT2D eigenvalue weighted by Crippen LogP contribution is -2.50. The van der Waals surface area contributed by atoms with Crippen LogP contribution in [0.1, 0.15) is 26.8 Å². The number of morpholine rings is 1. The lowest BCUT2D eigenvalue weighted by Gasteiger charge is -2.36. The molecule has 0 aromatic carbocycles. The Morgan fingerprint density at radius 1 is 1.50 bits per heavy atom. The van der Waals surface area contributed by atoms with E-state index >= 15 is 0 Å². The van der Waals surface area contributed by atoms with Crippen molar-refractivity contribution < 1.29 is 4.74 Å². The first-order valence-electron chi connectivity index (χ1n) is 6.81. The molecule has 2 heterocycles. The molecular formula is C13H21ClN4O2. The van der Waals surface area contributed by atoms with E-state index in [9.17, 15) is 4.79 Å². The second-order valence-corrected chi connectivity index (χ2v) is 5.78. The van der Waals surface area contributed by atoms with Crippen LogP contribution in [0.25, 0.3) is 0 Å². The Kier molecular flexibility index (Phi) is 4.67. The molecule has 0 saturated carbocycles. The predicted molar refractivity (Wildman–Crippen MR) is 79.5 cm³/mol. The van der Waals surface area contributed by atoms with Crippen molar-refractivity contribution in [2.75, 3.05) is 24.6 Å². The fraction of sp³-hybridized carbons (Fsp3) is 0.692. The molecule has 2 unspecified atom stereocenters. The van der Waals surface area contributed by atoms with Gasteiger partial charge in [-0.1, -0.05) is 11.6 Å². The standard InChI is InChI=1S/C13H21ClN4O2/c1-8(2)18-13(19)12(14)10(6-16-18)17-4-5-20-11(7-17)9(3)15/h6,8-9,11H,4-5,7,15H2,1-3H3. The van der Waals surface area contributed by atoms with Gasteiger partial charge in [0.2, 0.25) is 0 Å². The summed E-state index contributed by atoms with van der Waals surface area (Å²) in [5.74, 6) is 0. The van der Waals surface area contributed by atoms with Gasteiger partial charge in [0.25, 0.3) is 5.56 Å². The number of anilines is 1. The minimum atomic E-state index is -0.261. The van der Waals surface area contributed by atoms with E-state index in [4.69, 9.17) is 22.1 Å². The van der Waals surface area contributed by atoms with Crippen LogP contribution in [0.2, 0.25) is 5.02 Å². The minimum absolute atomic E-state index is 0.0180. The van der Waals surface area contributed by atoms with Gasteiger partial charge in [0, 0.05) is 19.1 Å². The van der Waals surface area contributed by atoms with Crippen molar-refractivity contribution in [3.05, 3.63) is 21.6 Å². The molecule has 6 nitrogen and oxygen atoms in total. The maximum atomic E-state index is 12.2. The molecule has 0 bridgehead atoms. The predicted octanol–water partition coefficient (Wildman–Crippen LogP) is 1.03. The van der Waals surface area contributed by atoms with Crippen LogP contribution >= 0.6 is 11.6 Å². The van der Waals surface area contributed by atoms with Crippen LogP contribution in [0.15, 0.2) is 11.0 Å². The monoisotopic (exact) mass is 300 g/mol. The van der Waals surface area contributed by atoms with E-state index in [2.05, 4.69) is 5.10 Å². The molecule has 2 N–H and O–H groups in total. The van der Waals surface area contributed by atoms with Crippen molar-refractivity contribution in [1.29, 1.82) is 0 Å². The highest BCUT2D eigenvalue weighted by Crippen LogP contribution is 2.24. The van der Waals surface area contributed by atoms with E-state index in [-0.39, 0.29) is 28.8 Å². The minimum Gasteiger partial charge on any atom is -0.373 e. The molecule has 7 heteroatoms. The molecule has 0 radical (unpaired) electrons. The third kappa shape index (κ3) is 2.97. The first-order chi connectivity index (χ1) is 9.41. The summed E-state index contributed by atoms with van der Waals surface area (Å²) in [5.41, 5.74) is 6.27. The number of rotatable bonds is 3. The fourth-order valence-corrected chi connectivity index (χ4v) is 2.49. The zero-order valence-corrected chi connectivity index (χ0v) is 12.8. The number of hydrogen-bond acceptors (Lipinski definition) is 5. The second-order valence-electron chi connectivity index (χ2n) is 5.40. The SMILES string of the molecule is CC(N)C1CN(c2cnn(C(C)C)c(=O)c2Cl)CCO1. The third-order valence-electron chi connectivity index (χ3n) is 3.43. The van der Waals surface area contributed by atoms with E-state index in [0.717, 1.165) is 0 Å². The van der Waals surface area contributed by atoms with Crippen LogP contribution in [0.4, 0.5) is 5.69 Å². The Morgan fingerprint density at radius 2 is 2.20 bits per heavy atom. The van der Waals surface area contributed by atoms with Gasteiger partial charge in [0.05, 0.1) is 30.6 Å². The van der Waals surface area contributed by atoms with Crippen LogP contribution in [-0.4, -0.2) is 41.6 Å². The van der Waals surface area contributed by atoms with Gasteiger partial charge in [0.15, 0.2) is 0 Å². The van der Waals surface area contributed by atoms with E-state index < -0.39 is 0 Å². The molecule has 20 heavy (non-hydrogen) atoms. The zero-order chi connectivity index (χ0) is 14.9. The summed E-state index contributed by atoms with van der Waals surface area (Å²) >= 11 is 6.22. The van der Waals surface area contributed by atoms with Gasteiger partial charge >= 0.3 is 0 Å². The molecule has 1 aliphatic heterocycles.